The Bertz CT molecular complexity index is 161. The van der Waals surface area contributed by atoms with Gasteiger partial charge in [0.05, 0.1) is 6.10 Å². The number of hydrogen-bond donors (Lipinski definition) is 2. The fourth-order valence-electron chi connectivity index (χ4n) is 1.10. The van der Waals surface area contributed by atoms with Crippen LogP contribution in [0.1, 0.15) is 33.1 Å². The van der Waals surface area contributed by atoms with Crippen LogP contribution in [-0.2, 0) is 9.53 Å². The van der Waals surface area contributed by atoms with E-state index in [0.717, 1.165) is 32.5 Å². The van der Waals surface area contributed by atoms with Crippen LogP contribution < -0.4 is 10.6 Å². The van der Waals surface area contributed by atoms with Crippen LogP contribution in [0, 0.1) is 0 Å². The molecule has 4 heteroatoms. The van der Waals surface area contributed by atoms with Crippen LogP contribution in [-0.4, -0.2) is 38.8 Å². The first-order valence-corrected chi connectivity index (χ1v) is 5.69. The Morgan fingerprint density at radius 3 is 2.60 bits per heavy atom. The van der Waals surface area contributed by atoms with E-state index in [9.17, 15) is 4.79 Å². The SMILES string of the molecule is CNCCC(=O)NCCCCOC(C)C. The third-order valence-corrected chi connectivity index (χ3v) is 1.95. The van der Waals surface area contributed by atoms with E-state index in [4.69, 9.17) is 4.74 Å². The normalized spacial score (nSPS) is 10.7. The number of carbonyl (C=O) groups excluding carboxylic acids is 1. The summed E-state index contributed by atoms with van der Waals surface area (Å²) in [4.78, 5) is 11.2. The van der Waals surface area contributed by atoms with Crippen LogP contribution in [0.3, 0.4) is 0 Å². The average molecular weight is 216 g/mol. The van der Waals surface area contributed by atoms with Crippen molar-refractivity contribution < 1.29 is 9.53 Å². The molecule has 0 rings (SSSR count). The van der Waals surface area contributed by atoms with E-state index in [2.05, 4.69) is 10.6 Å². The lowest BCUT2D eigenvalue weighted by atomic mass is 10.3. The van der Waals surface area contributed by atoms with E-state index in [1.165, 1.54) is 0 Å². The summed E-state index contributed by atoms with van der Waals surface area (Å²) in [6.07, 6.45) is 2.84. The second-order valence-electron chi connectivity index (χ2n) is 3.83. The summed E-state index contributed by atoms with van der Waals surface area (Å²) in [7, 11) is 1.84. The maximum atomic E-state index is 11.2. The minimum atomic E-state index is 0.120. The maximum absolute atomic E-state index is 11.2. The standard InChI is InChI=1S/C11H24N2O2/c1-10(2)15-9-5-4-7-13-11(14)6-8-12-3/h10,12H,4-9H2,1-3H3,(H,13,14). The lowest BCUT2D eigenvalue weighted by Gasteiger charge is -2.07. The zero-order chi connectivity index (χ0) is 11.5. The first kappa shape index (κ1) is 14.4. The van der Waals surface area contributed by atoms with Crippen molar-refractivity contribution in [1.29, 1.82) is 0 Å². The van der Waals surface area contributed by atoms with Gasteiger partial charge in [-0.1, -0.05) is 0 Å². The molecule has 0 aromatic rings. The van der Waals surface area contributed by atoms with Crippen molar-refractivity contribution in [2.45, 2.75) is 39.2 Å². The van der Waals surface area contributed by atoms with Gasteiger partial charge in [-0.15, -0.1) is 0 Å². The molecule has 0 saturated heterocycles. The Morgan fingerprint density at radius 2 is 2.00 bits per heavy atom. The highest BCUT2D eigenvalue weighted by Gasteiger charge is 1.98. The fourth-order valence-corrected chi connectivity index (χ4v) is 1.10. The van der Waals surface area contributed by atoms with Crippen molar-refractivity contribution in [3.63, 3.8) is 0 Å². The molecule has 0 spiro atoms. The molecule has 1 amide bonds. The lowest BCUT2D eigenvalue weighted by molar-refractivity contribution is -0.121. The molecule has 4 nitrogen and oxygen atoms in total. The van der Waals surface area contributed by atoms with Crippen molar-refractivity contribution >= 4 is 5.91 Å². The van der Waals surface area contributed by atoms with Crippen LogP contribution in [0.2, 0.25) is 0 Å². The summed E-state index contributed by atoms with van der Waals surface area (Å²) in [5.74, 6) is 0.120. The van der Waals surface area contributed by atoms with Gasteiger partial charge in [-0.25, -0.2) is 0 Å². The number of carbonyl (C=O) groups is 1. The van der Waals surface area contributed by atoms with Gasteiger partial charge in [0.15, 0.2) is 0 Å². The molecule has 2 N–H and O–H groups in total. The molecule has 0 bridgehead atoms. The molecule has 0 saturated carbocycles. The minimum Gasteiger partial charge on any atom is -0.379 e. The van der Waals surface area contributed by atoms with E-state index >= 15 is 0 Å². The van der Waals surface area contributed by atoms with Gasteiger partial charge < -0.3 is 15.4 Å². The van der Waals surface area contributed by atoms with Gasteiger partial charge in [0, 0.05) is 26.1 Å². The molecule has 90 valence electrons. The number of ether oxygens (including phenoxy) is 1. The highest BCUT2D eigenvalue weighted by molar-refractivity contribution is 5.75. The van der Waals surface area contributed by atoms with Crippen LogP contribution in [0.25, 0.3) is 0 Å². The number of amides is 1. The highest BCUT2D eigenvalue weighted by atomic mass is 16.5. The van der Waals surface area contributed by atoms with Crippen LogP contribution in [0.5, 0.6) is 0 Å². The summed E-state index contributed by atoms with van der Waals surface area (Å²) in [6, 6.07) is 0. The predicted octanol–water partition coefficient (Wildman–Crippen LogP) is 0.917. The van der Waals surface area contributed by atoms with Crippen LogP contribution in [0.15, 0.2) is 0 Å². The molecule has 0 aliphatic carbocycles. The third kappa shape index (κ3) is 11.3. The molecule has 0 radical (unpaired) electrons. The van der Waals surface area contributed by atoms with E-state index in [0.29, 0.717) is 12.5 Å². The van der Waals surface area contributed by atoms with E-state index in [-0.39, 0.29) is 5.91 Å². The molecule has 0 aromatic heterocycles. The van der Waals surface area contributed by atoms with Gasteiger partial charge >= 0.3 is 0 Å². The summed E-state index contributed by atoms with van der Waals surface area (Å²) in [6.45, 7) is 6.33. The van der Waals surface area contributed by atoms with Crippen molar-refractivity contribution in [3.8, 4) is 0 Å². The zero-order valence-electron chi connectivity index (χ0n) is 10.1. The van der Waals surface area contributed by atoms with Crippen molar-refractivity contribution in [3.05, 3.63) is 0 Å². The van der Waals surface area contributed by atoms with E-state index < -0.39 is 0 Å². The third-order valence-electron chi connectivity index (χ3n) is 1.95. The summed E-state index contributed by atoms with van der Waals surface area (Å²) in [5, 5.41) is 5.81. The maximum Gasteiger partial charge on any atom is 0.221 e. The molecule has 0 heterocycles. The van der Waals surface area contributed by atoms with Crippen LogP contribution >= 0.6 is 0 Å². The molecule has 0 unspecified atom stereocenters. The van der Waals surface area contributed by atoms with Gasteiger partial charge in [0.1, 0.15) is 0 Å². The molecule has 0 aliphatic rings. The number of hydrogen-bond acceptors (Lipinski definition) is 3. The fraction of sp³-hybridized carbons (Fsp3) is 0.909. The van der Waals surface area contributed by atoms with E-state index in [1.54, 1.807) is 0 Å². The average Bonchev–Trinajstić information content (AvgIpc) is 2.19. The summed E-state index contributed by atoms with van der Waals surface area (Å²) < 4.78 is 5.39. The largest absolute Gasteiger partial charge is 0.379 e. The molecular weight excluding hydrogens is 192 g/mol. The van der Waals surface area contributed by atoms with Gasteiger partial charge in [0.2, 0.25) is 5.91 Å². The molecule has 0 aromatic carbocycles. The Labute approximate surface area is 92.8 Å². The van der Waals surface area contributed by atoms with Crippen molar-refractivity contribution in [1.82, 2.24) is 10.6 Å². The van der Waals surface area contributed by atoms with Gasteiger partial charge in [-0.05, 0) is 33.7 Å². The topological polar surface area (TPSA) is 50.4 Å². The zero-order valence-corrected chi connectivity index (χ0v) is 10.1. The number of nitrogens with one attached hydrogen (secondary N) is 2. The predicted molar refractivity (Wildman–Crippen MR) is 61.9 cm³/mol. The Morgan fingerprint density at radius 1 is 1.27 bits per heavy atom. The Balaban J connectivity index is 3.13. The van der Waals surface area contributed by atoms with Crippen molar-refractivity contribution in [2.75, 3.05) is 26.7 Å². The molecule has 15 heavy (non-hydrogen) atoms. The molecule has 0 aliphatic heterocycles. The quantitative estimate of drug-likeness (QED) is 0.563. The first-order valence-electron chi connectivity index (χ1n) is 5.69. The van der Waals surface area contributed by atoms with Gasteiger partial charge in [0.25, 0.3) is 0 Å². The Hall–Kier alpha value is -0.610. The first-order chi connectivity index (χ1) is 7.16. The lowest BCUT2D eigenvalue weighted by Crippen LogP contribution is -2.27. The van der Waals surface area contributed by atoms with Crippen molar-refractivity contribution in [2.24, 2.45) is 0 Å². The van der Waals surface area contributed by atoms with E-state index in [1.807, 2.05) is 20.9 Å². The molecule has 0 atom stereocenters. The molecule has 0 fully saturated rings. The second kappa shape index (κ2) is 9.93. The summed E-state index contributed by atoms with van der Waals surface area (Å²) >= 11 is 0. The monoisotopic (exact) mass is 216 g/mol. The Kier molecular flexibility index (Phi) is 9.52. The number of unbranched alkanes of at least 4 members (excludes halogenated alkanes) is 1. The molecular formula is C11H24N2O2. The van der Waals surface area contributed by atoms with Gasteiger partial charge in [-0.2, -0.15) is 0 Å². The number of rotatable bonds is 9. The van der Waals surface area contributed by atoms with Gasteiger partial charge in [-0.3, -0.25) is 4.79 Å². The second-order valence-corrected chi connectivity index (χ2v) is 3.83. The van der Waals surface area contributed by atoms with Crippen LogP contribution in [0.4, 0.5) is 0 Å². The minimum absolute atomic E-state index is 0.120. The smallest absolute Gasteiger partial charge is 0.221 e. The highest BCUT2D eigenvalue weighted by Crippen LogP contribution is 1.93. The summed E-state index contributed by atoms with van der Waals surface area (Å²) in [5.41, 5.74) is 0.